The van der Waals surface area contributed by atoms with Crippen LogP contribution in [0.4, 0.5) is 5.82 Å². The monoisotopic (exact) mass is 432 g/mol. The lowest BCUT2D eigenvalue weighted by atomic mass is 9.96. The molecule has 2 heterocycles. The molecule has 1 saturated heterocycles. The van der Waals surface area contributed by atoms with Crippen molar-refractivity contribution in [1.82, 2.24) is 15.2 Å². The molecule has 1 aromatic carbocycles. The number of aromatic amines is 1. The Morgan fingerprint density at radius 1 is 1.27 bits per heavy atom. The van der Waals surface area contributed by atoms with Gasteiger partial charge in [-0.15, -0.1) is 0 Å². The van der Waals surface area contributed by atoms with E-state index in [2.05, 4.69) is 15.2 Å². The van der Waals surface area contributed by atoms with Crippen LogP contribution in [0.3, 0.4) is 0 Å². The minimum absolute atomic E-state index is 0.0398. The SMILES string of the molecule is COC(=O)c1ccc(CN2CCC(CNC(=O)c3cc(Cl)c(N)[nH]c3=O)CC2)cc1. The van der Waals surface area contributed by atoms with Gasteiger partial charge in [-0.25, -0.2) is 4.79 Å². The Bertz CT molecular complexity index is 966. The molecule has 0 aliphatic carbocycles. The summed E-state index contributed by atoms with van der Waals surface area (Å²) in [7, 11) is 1.37. The molecule has 1 aliphatic rings. The summed E-state index contributed by atoms with van der Waals surface area (Å²) in [5, 5.41) is 2.97. The molecular weight excluding hydrogens is 408 g/mol. The van der Waals surface area contributed by atoms with Crippen molar-refractivity contribution in [2.24, 2.45) is 5.92 Å². The van der Waals surface area contributed by atoms with Crippen LogP contribution in [0.1, 0.15) is 39.1 Å². The van der Waals surface area contributed by atoms with E-state index in [1.807, 2.05) is 12.1 Å². The fourth-order valence-corrected chi connectivity index (χ4v) is 3.65. The average Bonchev–Trinajstić information content (AvgIpc) is 2.75. The van der Waals surface area contributed by atoms with Crippen molar-refractivity contribution < 1.29 is 14.3 Å². The van der Waals surface area contributed by atoms with E-state index >= 15 is 0 Å². The number of nitrogen functional groups attached to an aromatic ring is 1. The van der Waals surface area contributed by atoms with Crippen molar-refractivity contribution in [3.8, 4) is 0 Å². The number of anilines is 1. The molecule has 2 aromatic rings. The summed E-state index contributed by atoms with van der Waals surface area (Å²) in [6.45, 7) is 3.13. The summed E-state index contributed by atoms with van der Waals surface area (Å²) >= 11 is 5.89. The zero-order valence-electron chi connectivity index (χ0n) is 16.7. The van der Waals surface area contributed by atoms with E-state index in [-0.39, 0.29) is 22.4 Å². The van der Waals surface area contributed by atoms with Crippen LogP contribution in [-0.4, -0.2) is 48.5 Å². The van der Waals surface area contributed by atoms with Crippen LogP contribution in [0, 0.1) is 5.92 Å². The number of benzene rings is 1. The topological polar surface area (TPSA) is 118 Å². The van der Waals surface area contributed by atoms with Gasteiger partial charge in [-0.1, -0.05) is 23.7 Å². The quantitative estimate of drug-likeness (QED) is 0.601. The summed E-state index contributed by atoms with van der Waals surface area (Å²) in [5.41, 5.74) is 6.61. The van der Waals surface area contributed by atoms with Gasteiger partial charge in [0.05, 0.1) is 17.7 Å². The van der Waals surface area contributed by atoms with Crippen LogP contribution in [0.2, 0.25) is 5.02 Å². The van der Waals surface area contributed by atoms with Crippen molar-refractivity contribution in [2.45, 2.75) is 19.4 Å². The minimum atomic E-state index is -0.553. The van der Waals surface area contributed by atoms with Crippen LogP contribution in [0.25, 0.3) is 0 Å². The number of nitrogens with zero attached hydrogens (tertiary/aromatic N) is 1. The molecule has 30 heavy (non-hydrogen) atoms. The lowest BCUT2D eigenvalue weighted by Crippen LogP contribution is -2.39. The third kappa shape index (κ3) is 5.40. The number of nitrogens with one attached hydrogen (secondary N) is 2. The molecule has 0 saturated carbocycles. The number of halogens is 1. The summed E-state index contributed by atoms with van der Waals surface area (Å²) in [4.78, 5) is 40.4. The number of pyridine rings is 1. The van der Waals surface area contributed by atoms with Gasteiger partial charge in [0.2, 0.25) is 0 Å². The molecule has 0 radical (unpaired) electrons. The minimum Gasteiger partial charge on any atom is -0.465 e. The highest BCUT2D eigenvalue weighted by molar-refractivity contribution is 6.33. The molecule has 1 amide bonds. The second-order valence-electron chi connectivity index (χ2n) is 7.39. The van der Waals surface area contributed by atoms with Gasteiger partial charge in [-0.05, 0) is 55.6 Å². The van der Waals surface area contributed by atoms with E-state index in [4.69, 9.17) is 22.1 Å². The van der Waals surface area contributed by atoms with Crippen LogP contribution >= 0.6 is 11.6 Å². The number of piperidine rings is 1. The molecular formula is C21H25ClN4O4. The molecule has 0 unspecified atom stereocenters. The van der Waals surface area contributed by atoms with E-state index < -0.39 is 11.5 Å². The molecule has 3 rings (SSSR count). The van der Waals surface area contributed by atoms with E-state index in [1.54, 1.807) is 12.1 Å². The first kappa shape index (κ1) is 21.9. The van der Waals surface area contributed by atoms with Gasteiger partial charge >= 0.3 is 5.97 Å². The summed E-state index contributed by atoms with van der Waals surface area (Å²) in [6.07, 6.45) is 1.89. The van der Waals surface area contributed by atoms with Gasteiger partial charge in [0.25, 0.3) is 11.5 Å². The molecule has 8 nitrogen and oxygen atoms in total. The predicted molar refractivity (Wildman–Crippen MR) is 115 cm³/mol. The molecule has 0 spiro atoms. The molecule has 0 atom stereocenters. The first-order valence-electron chi connectivity index (χ1n) is 9.73. The molecule has 0 bridgehead atoms. The zero-order valence-corrected chi connectivity index (χ0v) is 17.5. The Morgan fingerprint density at radius 2 is 1.93 bits per heavy atom. The molecule has 1 fully saturated rings. The van der Waals surface area contributed by atoms with Gasteiger partial charge in [0.15, 0.2) is 0 Å². The highest BCUT2D eigenvalue weighted by Crippen LogP contribution is 2.19. The number of H-pyrrole nitrogens is 1. The third-order valence-corrected chi connectivity index (χ3v) is 5.62. The molecule has 4 N–H and O–H groups in total. The van der Waals surface area contributed by atoms with Gasteiger partial charge in [0, 0.05) is 13.1 Å². The second-order valence-corrected chi connectivity index (χ2v) is 7.80. The van der Waals surface area contributed by atoms with E-state index in [0.717, 1.165) is 38.0 Å². The van der Waals surface area contributed by atoms with Crippen LogP contribution < -0.4 is 16.6 Å². The lowest BCUT2D eigenvalue weighted by Gasteiger charge is -2.32. The number of rotatable bonds is 6. The van der Waals surface area contributed by atoms with Crippen molar-refractivity contribution in [2.75, 3.05) is 32.5 Å². The third-order valence-electron chi connectivity index (χ3n) is 5.31. The fourth-order valence-electron chi connectivity index (χ4n) is 3.49. The molecule has 9 heteroatoms. The van der Waals surface area contributed by atoms with Gasteiger partial charge in [-0.2, -0.15) is 0 Å². The van der Waals surface area contributed by atoms with Crippen molar-refractivity contribution in [1.29, 1.82) is 0 Å². The Kier molecular flexibility index (Phi) is 7.12. The number of esters is 1. The van der Waals surface area contributed by atoms with E-state index in [1.165, 1.54) is 13.2 Å². The largest absolute Gasteiger partial charge is 0.465 e. The number of nitrogens with two attached hydrogens (primary N) is 1. The fraction of sp³-hybridized carbons (Fsp3) is 0.381. The maximum absolute atomic E-state index is 12.3. The van der Waals surface area contributed by atoms with Gasteiger partial charge in [0.1, 0.15) is 11.4 Å². The number of hydrogen-bond acceptors (Lipinski definition) is 6. The highest BCUT2D eigenvalue weighted by atomic mass is 35.5. The molecule has 1 aromatic heterocycles. The standard InChI is InChI=1S/C21H25ClN4O4/c1-30-21(29)15-4-2-14(3-5-15)12-26-8-6-13(7-9-26)11-24-19(27)16-10-17(22)18(23)25-20(16)28/h2-5,10,13H,6-9,11-12H2,1H3,(H,24,27)(H3,23,25,28). The zero-order chi connectivity index (χ0) is 21.7. The van der Waals surface area contributed by atoms with Gasteiger partial charge in [-0.3, -0.25) is 14.5 Å². The number of amides is 1. The average molecular weight is 433 g/mol. The number of carbonyl (C=O) groups excluding carboxylic acids is 2. The van der Waals surface area contributed by atoms with Crippen molar-refractivity contribution in [3.05, 3.63) is 62.4 Å². The Balaban J connectivity index is 1.45. The smallest absolute Gasteiger partial charge is 0.337 e. The molecule has 1 aliphatic heterocycles. The first-order valence-corrected chi connectivity index (χ1v) is 10.1. The summed E-state index contributed by atoms with van der Waals surface area (Å²) in [5.74, 6) is -0.403. The first-order chi connectivity index (χ1) is 14.4. The highest BCUT2D eigenvalue weighted by Gasteiger charge is 2.21. The van der Waals surface area contributed by atoms with E-state index in [0.29, 0.717) is 18.0 Å². The number of ether oxygens (including phenoxy) is 1. The number of hydrogen-bond donors (Lipinski definition) is 3. The maximum Gasteiger partial charge on any atom is 0.337 e. The van der Waals surface area contributed by atoms with Crippen molar-refractivity contribution in [3.63, 3.8) is 0 Å². The van der Waals surface area contributed by atoms with E-state index in [9.17, 15) is 14.4 Å². The second kappa shape index (κ2) is 9.77. The summed E-state index contributed by atoms with van der Waals surface area (Å²) in [6, 6.07) is 8.71. The number of aromatic nitrogens is 1. The Morgan fingerprint density at radius 3 is 2.57 bits per heavy atom. The van der Waals surface area contributed by atoms with Crippen LogP contribution in [0.15, 0.2) is 35.1 Å². The lowest BCUT2D eigenvalue weighted by molar-refractivity contribution is 0.0600. The number of methoxy groups -OCH3 is 1. The van der Waals surface area contributed by atoms with Crippen LogP contribution in [0.5, 0.6) is 0 Å². The Labute approximate surface area is 179 Å². The maximum atomic E-state index is 12.3. The van der Waals surface area contributed by atoms with Crippen molar-refractivity contribution >= 4 is 29.3 Å². The Hall–Kier alpha value is -2.84. The van der Waals surface area contributed by atoms with Gasteiger partial charge < -0.3 is 20.8 Å². The predicted octanol–water partition coefficient (Wildman–Crippen LogP) is 2.04. The normalized spacial score (nSPS) is 15.0. The number of likely N-dealkylation sites (tertiary alicyclic amines) is 1. The van der Waals surface area contributed by atoms with Crippen LogP contribution in [-0.2, 0) is 11.3 Å². The molecule has 160 valence electrons. The summed E-state index contributed by atoms with van der Waals surface area (Å²) < 4.78 is 4.71. The number of carbonyl (C=O) groups is 2.